The average Bonchev–Trinajstić information content (AvgIpc) is 2.55. The number of aryl methyl sites for hydroxylation is 2. The van der Waals surface area contributed by atoms with Crippen LogP contribution in [0.2, 0.25) is 0 Å². The van der Waals surface area contributed by atoms with Gasteiger partial charge in [0.1, 0.15) is 16.9 Å². The maximum atomic E-state index is 12.6. The molecule has 0 aliphatic heterocycles. The van der Waals surface area contributed by atoms with Gasteiger partial charge in [-0.25, -0.2) is 0 Å². The summed E-state index contributed by atoms with van der Waals surface area (Å²) in [4.78, 5) is 12.6. The van der Waals surface area contributed by atoms with Gasteiger partial charge in [0.15, 0.2) is 0 Å². The van der Waals surface area contributed by atoms with Crippen molar-refractivity contribution in [3.05, 3.63) is 57.6 Å². The zero-order valence-electron chi connectivity index (χ0n) is 19.1. The lowest BCUT2D eigenvalue weighted by molar-refractivity contribution is -0.141. The van der Waals surface area contributed by atoms with Gasteiger partial charge < -0.3 is 15.3 Å². The van der Waals surface area contributed by atoms with Crippen LogP contribution >= 0.6 is 0 Å². The minimum Gasteiger partial charge on any atom is -0.507 e. The highest BCUT2D eigenvalue weighted by atomic mass is 16.4. The maximum Gasteiger partial charge on any atom is 0.318 e. The molecule has 0 fully saturated rings. The lowest BCUT2D eigenvalue weighted by atomic mass is 9.70. The predicted octanol–water partition coefficient (Wildman–Crippen LogP) is 5.70. The van der Waals surface area contributed by atoms with Gasteiger partial charge in [-0.3, -0.25) is 4.79 Å². The second kappa shape index (κ2) is 7.08. The number of carbonyl (C=O) groups is 1. The average molecular weight is 399 g/mol. The van der Waals surface area contributed by atoms with E-state index in [0.29, 0.717) is 11.1 Å². The van der Waals surface area contributed by atoms with Crippen LogP contribution in [0.15, 0.2) is 24.3 Å². The molecule has 0 unspecified atom stereocenters. The van der Waals surface area contributed by atoms with Crippen molar-refractivity contribution in [1.82, 2.24) is 0 Å². The summed E-state index contributed by atoms with van der Waals surface area (Å²) in [5.41, 5.74) is 1.31. The van der Waals surface area contributed by atoms with E-state index in [2.05, 4.69) is 0 Å². The molecule has 0 spiro atoms. The predicted molar refractivity (Wildman–Crippen MR) is 117 cm³/mol. The summed E-state index contributed by atoms with van der Waals surface area (Å²) < 4.78 is 0. The number of benzene rings is 2. The largest absolute Gasteiger partial charge is 0.507 e. The standard InChI is InChI=1S/C25H34O4/c1-14-10-16(23(3,4)5)20(26)18(12-14)25(9,22(28)29)19-13-15(2)11-17(21(19)27)24(6,7)8/h10-13,26-27H,1-9H3,(H,28,29). The normalized spacial score (nSPS) is 12.9. The van der Waals surface area contributed by atoms with Gasteiger partial charge in [-0.15, -0.1) is 0 Å². The van der Waals surface area contributed by atoms with Crippen molar-refractivity contribution >= 4 is 5.97 Å². The molecule has 2 rings (SSSR count). The summed E-state index contributed by atoms with van der Waals surface area (Å²) in [5.74, 6) is -1.20. The van der Waals surface area contributed by atoms with Crippen molar-refractivity contribution in [2.24, 2.45) is 0 Å². The molecule has 0 aliphatic rings. The van der Waals surface area contributed by atoms with Gasteiger partial charge in [0.2, 0.25) is 0 Å². The number of hydrogen-bond acceptors (Lipinski definition) is 3. The van der Waals surface area contributed by atoms with E-state index in [-0.39, 0.29) is 33.5 Å². The van der Waals surface area contributed by atoms with Crippen molar-refractivity contribution in [3.63, 3.8) is 0 Å². The SMILES string of the molecule is Cc1cc(C(C)(C)C)c(O)c(C(C)(C(=O)O)c2cc(C)cc(C(C)(C)C)c2O)c1. The Bertz CT molecular complexity index is 887. The Hall–Kier alpha value is -2.49. The molecule has 4 heteroatoms. The highest BCUT2D eigenvalue weighted by molar-refractivity contribution is 5.88. The van der Waals surface area contributed by atoms with E-state index in [0.717, 1.165) is 11.1 Å². The third kappa shape index (κ3) is 3.98. The number of carboxylic acids is 1. The topological polar surface area (TPSA) is 77.8 Å². The van der Waals surface area contributed by atoms with Gasteiger partial charge in [0.05, 0.1) is 0 Å². The molecule has 2 aromatic carbocycles. The molecule has 0 saturated carbocycles. The van der Waals surface area contributed by atoms with Gasteiger partial charge in [-0.1, -0.05) is 76.9 Å². The van der Waals surface area contributed by atoms with Gasteiger partial charge >= 0.3 is 5.97 Å². The van der Waals surface area contributed by atoms with Crippen molar-refractivity contribution < 1.29 is 20.1 Å². The van der Waals surface area contributed by atoms with Crippen LogP contribution < -0.4 is 0 Å². The molecular formula is C25H34O4. The molecular weight excluding hydrogens is 364 g/mol. The Labute approximate surface area is 174 Å². The minimum atomic E-state index is -1.62. The number of phenolic OH excluding ortho intramolecular Hbond substituents is 2. The number of aliphatic carboxylic acids is 1. The molecule has 0 heterocycles. The number of rotatable bonds is 3. The monoisotopic (exact) mass is 398 g/mol. The Balaban J connectivity index is 2.98. The second-order valence-electron chi connectivity index (χ2n) is 10.3. The Kier molecular flexibility index (Phi) is 5.57. The number of aromatic hydroxyl groups is 2. The number of phenols is 2. The van der Waals surface area contributed by atoms with Gasteiger partial charge in [-0.05, 0) is 42.7 Å². The molecule has 29 heavy (non-hydrogen) atoms. The van der Waals surface area contributed by atoms with Crippen LogP contribution in [0.3, 0.4) is 0 Å². The molecule has 4 nitrogen and oxygen atoms in total. The van der Waals surface area contributed by atoms with E-state index >= 15 is 0 Å². The van der Waals surface area contributed by atoms with E-state index in [1.807, 2.05) is 67.5 Å². The highest BCUT2D eigenvalue weighted by Crippen LogP contribution is 2.47. The fraction of sp³-hybridized carbons (Fsp3) is 0.480. The van der Waals surface area contributed by atoms with Gasteiger partial charge in [0, 0.05) is 11.1 Å². The second-order valence-corrected chi connectivity index (χ2v) is 10.3. The summed E-state index contributed by atoms with van der Waals surface area (Å²) in [5, 5.41) is 32.6. The number of hydrogen-bond donors (Lipinski definition) is 3. The molecule has 0 atom stereocenters. The first-order valence-electron chi connectivity index (χ1n) is 9.93. The van der Waals surface area contributed by atoms with E-state index in [1.54, 1.807) is 19.1 Å². The minimum absolute atomic E-state index is 0.0359. The Morgan fingerprint density at radius 1 is 0.655 bits per heavy atom. The third-order valence-corrected chi connectivity index (χ3v) is 5.63. The van der Waals surface area contributed by atoms with Crippen molar-refractivity contribution in [3.8, 4) is 11.5 Å². The van der Waals surface area contributed by atoms with E-state index in [1.165, 1.54) is 0 Å². The number of carboxylic acid groups (broad SMARTS) is 1. The van der Waals surface area contributed by atoms with Crippen LogP contribution in [-0.4, -0.2) is 21.3 Å². The Morgan fingerprint density at radius 3 is 1.17 bits per heavy atom. The first kappa shape index (κ1) is 22.8. The molecule has 0 radical (unpaired) electrons. The quantitative estimate of drug-likeness (QED) is 0.620. The first-order valence-corrected chi connectivity index (χ1v) is 9.93. The fourth-order valence-electron chi connectivity index (χ4n) is 3.84. The summed E-state index contributed by atoms with van der Waals surface area (Å²) in [6.45, 7) is 17.2. The van der Waals surface area contributed by atoms with Crippen LogP contribution in [-0.2, 0) is 21.0 Å². The lowest BCUT2D eigenvalue weighted by Crippen LogP contribution is -2.35. The maximum absolute atomic E-state index is 12.6. The van der Waals surface area contributed by atoms with Crippen LogP contribution in [0.1, 0.15) is 81.8 Å². The zero-order valence-corrected chi connectivity index (χ0v) is 19.1. The van der Waals surface area contributed by atoms with Gasteiger partial charge in [-0.2, -0.15) is 0 Å². The fourth-order valence-corrected chi connectivity index (χ4v) is 3.84. The summed E-state index contributed by atoms with van der Waals surface area (Å²) in [7, 11) is 0. The molecule has 0 aliphatic carbocycles. The molecule has 158 valence electrons. The van der Waals surface area contributed by atoms with Crippen LogP contribution in [0.5, 0.6) is 11.5 Å². The van der Waals surface area contributed by atoms with Crippen molar-refractivity contribution in [2.75, 3.05) is 0 Å². The third-order valence-electron chi connectivity index (χ3n) is 5.63. The smallest absolute Gasteiger partial charge is 0.318 e. The molecule has 0 saturated heterocycles. The van der Waals surface area contributed by atoms with Gasteiger partial charge in [0.25, 0.3) is 0 Å². The highest BCUT2D eigenvalue weighted by Gasteiger charge is 2.44. The first-order chi connectivity index (χ1) is 13.0. The Morgan fingerprint density at radius 2 is 0.931 bits per heavy atom. The summed E-state index contributed by atoms with van der Waals surface area (Å²) in [6.07, 6.45) is 0. The molecule has 0 aromatic heterocycles. The van der Waals surface area contributed by atoms with Crippen LogP contribution in [0.4, 0.5) is 0 Å². The molecule has 0 bridgehead atoms. The molecule has 3 N–H and O–H groups in total. The summed E-state index contributed by atoms with van der Waals surface area (Å²) in [6, 6.07) is 7.18. The van der Waals surface area contributed by atoms with E-state index < -0.39 is 11.4 Å². The van der Waals surface area contributed by atoms with Crippen molar-refractivity contribution in [2.45, 2.75) is 78.6 Å². The van der Waals surface area contributed by atoms with E-state index in [9.17, 15) is 20.1 Å². The van der Waals surface area contributed by atoms with Crippen LogP contribution in [0.25, 0.3) is 0 Å². The zero-order chi connectivity index (χ0) is 22.5. The van der Waals surface area contributed by atoms with Crippen molar-refractivity contribution in [1.29, 1.82) is 0 Å². The lowest BCUT2D eigenvalue weighted by Gasteiger charge is -2.33. The molecule has 0 amide bonds. The van der Waals surface area contributed by atoms with E-state index in [4.69, 9.17) is 0 Å². The summed E-state index contributed by atoms with van der Waals surface area (Å²) >= 11 is 0. The molecule has 2 aromatic rings. The van der Waals surface area contributed by atoms with Crippen LogP contribution in [0, 0.1) is 13.8 Å².